The van der Waals surface area contributed by atoms with Gasteiger partial charge >= 0.3 is 0 Å². The number of ether oxygens (including phenoxy) is 2. The molecule has 1 N–H and O–H groups in total. The molecule has 86 valence electrons. The second-order valence-corrected chi connectivity index (χ2v) is 3.75. The highest BCUT2D eigenvalue weighted by Gasteiger charge is 2.11. The second kappa shape index (κ2) is 5.03. The first kappa shape index (κ1) is 11.0. The smallest absolute Gasteiger partial charge is 0.130 e. The van der Waals surface area contributed by atoms with Crippen molar-refractivity contribution in [2.24, 2.45) is 0 Å². The van der Waals surface area contributed by atoms with Crippen molar-refractivity contribution in [2.45, 2.75) is 6.42 Å². The minimum atomic E-state index is 0.829. The molecule has 2 rings (SSSR count). The molecule has 0 bridgehead atoms. The summed E-state index contributed by atoms with van der Waals surface area (Å²) in [6, 6.07) is 5.97. The van der Waals surface area contributed by atoms with E-state index in [9.17, 15) is 0 Å². The van der Waals surface area contributed by atoms with E-state index in [1.54, 1.807) is 14.2 Å². The maximum absolute atomic E-state index is 5.40. The molecule has 1 aromatic rings. The number of methoxy groups -OCH3 is 2. The Morgan fingerprint density at radius 2 is 2.06 bits per heavy atom. The Morgan fingerprint density at radius 3 is 2.69 bits per heavy atom. The fraction of sp³-hybridized carbons (Fsp3) is 0.385. The van der Waals surface area contributed by atoms with Crippen molar-refractivity contribution in [1.29, 1.82) is 0 Å². The van der Waals surface area contributed by atoms with Crippen LogP contribution < -0.4 is 14.8 Å². The molecular weight excluding hydrogens is 202 g/mol. The average Bonchev–Trinajstić information content (AvgIpc) is 2.39. The Balaban J connectivity index is 2.35. The lowest BCUT2D eigenvalue weighted by Gasteiger charge is -2.17. The molecule has 0 fully saturated rings. The summed E-state index contributed by atoms with van der Waals surface area (Å²) in [5.41, 5.74) is 2.52. The fourth-order valence-electron chi connectivity index (χ4n) is 1.93. The van der Waals surface area contributed by atoms with Crippen molar-refractivity contribution in [3.63, 3.8) is 0 Å². The van der Waals surface area contributed by atoms with Gasteiger partial charge in [0.25, 0.3) is 0 Å². The molecule has 0 saturated carbocycles. The quantitative estimate of drug-likeness (QED) is 0.844. The van der Waals surface area contributed by atoms with Crippen molar-refractivity contribution in [3.05, 3.63) is 29.8 Å². The van der Waals surface area contributed by atoms with E-state index in [2.05, 4.69) is 17.5 Å². The zero-order valence-corrected chi connectivity index (χ0v) is 9.75. The van der Waals surface area contributed by atoms with Gasteiger partial charge in [0.05, 0.1) is 14.2 Å². The first-order valence-corrected chi connectivity index (χ1v) is 5.47. The zero-order valence-electron chi connectivity index (χ0n) is 9.75. The van der Waals surface area contributed by atoms with E-state index in [4.69, 9.17) is 9.47 Å². The van der Waals surface area contributed by atoms with Crippen molar-refractivity contribution in [1.82, 2.24) is 5.32 Å². The molecular formula is C13H17NO2. The summed E-state index contributed by atoms with van der Waals surface area (Å²) >= 11 is 0. The molecule has 0 spiro atoms. The Hall–Kier alpha value is -1.48. The summed E-state index contributed by atoms with van der Waals surface area (Å²) < 4.78 is 10.6. The standard InChI is InChI=1S/C13H17NO2/c1-15-11-3-4-12(13(9-11)16-2)10-5-7-14-8-6-10/h3-5,9,14H,6-8H2,1-2H3. The van der Waals surface area contributed by atoms with E-state index in [1.807, 2.05) is 12.1 Å². The van der Waals surface area contributed by atoms with E-state index in [0.717, 1.165) is 31.0 Å². The highest BCUT2D eigenvalue weighted by Crippen LogP contribution is 2.32. The second-order valence-electron chi connectivity index (χ2n) is 3.75. The van der Waals surface area contributed by atoms with Crippen molar-refractivity contribution in [3.8, 4) is 11.5 Å². The predicted octanol–water partition coefficient (Wildman–Crippen LogP) is 2.08. The van der Waals surface area contributed by atoms with Gasteiger partial charge in [-0.15, -0.1) is 0 Å². The Labute approximate surface area is 96.1 Å². The molecule has 0 radical (unpaired) electrons. The summed E-state index contributed by atoms with van der Waals surface area (Å²) in [5.74, 6) is 1.71. The molecule has 0 aromatic heterocycles. The lowest BCUT2D eigenvalue weighted by Crippen LogP contribution is -2.20. The van der Waals surface area contributed by atoms with Gasteiger partial charge in [-0.25, -0.2) is 0 Å². The summed E-state index contributed by atoms with van der Waals surface area (Å²) in [4.78, 5) is 0. The Kier molecular flexibility index (Phi) is 3.47. The van der Waals surface area contributed by atoms with Crippen LogP contribution in [0, 0.1) is 0 Å². The molecule has 0 atom stereocenters. The van der Waals surface area contributed by atoms with Crippen LogP contribution in [0.2, 0.25) is 0 Å². The molecule has 1 aliphatic rings. The van der Waals surface area contributed by atoms with Gasteiger partial charge in [0.15, 0.2) is 0 Å². The normalized spacial score (nSPS) is 15.5. The van der Waals surface area contributed by atoms with E-state index in [-0.39, 0.29) is 0 Å². The lowest BCUT2D eigenvalue weighted by molar-refractivity contribution is 0.393. The van der Waals surface area contributed by atoms with Crippen LogP contribution in [0.5, 0.6) is 11.5 Å². The van der Waals surface area contributed by atoms with Crippen LogP contribution in [0.3, 0.4) is 0 Å². The van der Waals surface area contributed by atoms with Gasteiger partial charge in [0.2, 0.25) is 0 Å². The van der Waals surface area contributed by atoms with Gasteiger partial charge < -0.3 is 14.8 Å². The average molecular weight is 219 g/mol. The SMILES string of the molecule is COc1ccc(C2=CCNCC2)c(OC)c1. The highest BCUT2D eigenvalue weighted by atomic mass is 16.5. The number of benzene rings is 1. The molecule has 1 aromatic carbocycles. The van der Waals surface area contributed by atoms with Crippen LogP contribution >= 0.6 is 0 Å². The minimum absolute atomic E-state index is 0.829. The van der Waals surface area contributed by atoms with Gasteiger partial charge in [-0.3, -0.25) is 0 Å². The maximum atomic E-state index is 5.40. The summed E-state index contributed by atoms with van der Waals surface area (Å²) in [7, 11) is 3.36. The molecule has 16 heavy (non-hydrogen) atoms. The third kappa shape index (κ3) is 2.19. The number of nitrogens with one attached hydrogen (secondary N) is 1. The Bertz CT molecular complexity index is 399. The van der Waals surface area contributed by atoms with Gasteiger partial charge in [-0.2, -0.15) is 0 Å². The van der Waals surface area contributed by atoms with Gasteiger partial charge in [0.1, 0.15) is 11.5 Å². The first-order valence-electron chi connectivity index (χ1n) is 5.47. The van der Waals surface area contributed by atoms with Crippen LogP contribution in [-0.2, 0) is 0 Å². The molecule has 1 heterocycles. The first-order chi connectivity index (χ1) is 7.85. The van der Waals surface area contributed by atoms with Crippen molar-refractivity contribution in [2.75, 3.05) is 27.3 Å². The van der Waals surface area contributed by atoms with E-state index in [0.29, 0.717) is 0 Å². The third-order valence-corrected chi connectivity index (χ3v) is 2.82. The molecule has 0 amide bonds. The van der Waals surface area contributed by atoms with Crippen LogP contribution in [0.4, 0.5) is 0 Å². The third-order valence-electron chi connectivity index (χ3n) is 2.82. The molecule has 1 aliphatic heterocycles. The fourth-order valence-corrected chi connectivity index (χ4v) is 1.93. The van der Waals surface area contributed by atoms with Crippen molar-refractivity contribution < 1.29 is 9.47 Å². The molecule has 0 unspecified atom stereocenters. The van der Waals surface area contributed by atoms with Gasteiger partial charge in [0, 0.05) is 18.2 Å². The maximum Gasteiger partial charge on any atom is 0.130 e. The van der Waals surface area contributed by atoms with Crippen LogP contribution in [-0.4, -0.2) is 27.3 Å². The van der Waals surface area contributed by atoms with Gasteiger partial charge in [-0.1, -0.05) is 6.08 Å². The van der Waals surface area contributed by atoms with E-state index < -0.39 is 0 Å². The van der Waals surface area contributed by atoms with E-state index in [1.165, 1.54) is 11.1 Å². The lowest BCUT2D eigenvalue weighted by atomic mass is 9.99. The highest BCUT2D eigenvalue weighted by molar-refractivity contribution is 5.72. The van der Waals surface area contributed by atoms with Crippen molar-refractivity contribution >= 4 is 5.57 Å². The number of rotatable bonds is 3. The molecule has 3 heteroatoms. The van der Waals surface area contributed by atoms with Gasteiger partial charge in [-0.05, 0) is 30.7 Å². The van der Waals surface area contributed by atoms with Crippen LogP contribution in [0.1, 0.15) is 12.0 Å². The minimum Gasteiger partial charge on any atom is -0.497 e. The predicted molar refractivity (Wildman–Crippen MR) is 65.0 cm³/mol. The molecule has 0 saturated heterocycles. The summed E-state index contributed by atoms with van der Waals surface area (Å²) in [6.45, 7) is 1.96. The number of hydrogen-bond donors (Lipinski definition) is 1. The summed E-state index contributed by atoms with van der Waals surface area (Å²) in [5, 5.41) is 3.30. The van der Waals surface area contributed by atoms with E-state index >= 15 is 0 Å². The molecule has 3 nitrogen and oxygen atoms in total. The van der Waals surface area contributed by atoms with Crippen LogP contribution in [0.15, 0.2) is 24.3 Å². The summed E-state index contributed by atoms with van der Waals surface area (Å²) in [6.07, 6.45) is 3.26. The largest absolute Gasteiger partial charge is 0.497 e. The zero-order chi connectivity index (χ0) is 11.4. The van der Waals surface area contributed by atoms with Crippen LogP contribution in [0.25, 0.3) is 5.57 Å². The monoisotopic (exact) mass is 219 g/mol. The molecule has 0 aliphatic carbocycles. The number of hydrogen-bond acceptors (Lipinski definition) is 3. The Morgan fingerprint density at radius 1 is 1.19 bits per heavy atom. The topological polar surface area (TPSA) is 30.5 Å².